The lowest BCUT2D eigenvalue weighted by Gasteiger charge is -2.09. The van der Waals surface area contributed by atoms with Gasteiger partial charge >= 0.3 is 0 Å². The van der Waals surface area contributed by atoms with Gasteiger partial charge in [0.25, 0.3) is 0 Å². The standard InChI is InChI=1S/C6H16NP.C2H4/c1-6(2)4-5-7(3)8;1-2/h6H,4-5,8H2,1-3H3;1-2H2. The lowest BCUT2D eigenvalue weighted by Crippen LogP contribution is -2.07. The molecule has 10 heavy (non-hydrogen) atoms. The van der Waals surface area contributed by atoms with Crippen LogP contribution in [0.1, 0.15) is 20.3 Å². The Kier molecular flexibility index (Phi) is 11.7. The summed E-state index contributed by atoms with van der Waals surface area (Å²) in [5.41, 5.74) is 0. The molecule has 0 aromatic rings. The van der Waals surface area contributed by atoms with Gasteiger partial charge < -0.3 is 0 Å². The quantitative estimate of drug-likeness (QED) is 0.454. The van der Waals surface area contributed by atoms with Gasteiger partial charge in [0.05, 0.1) is 0 Å². The first-order valence-corrected chi connectivity index (χ1v) is 4.10. The molecule has 62 valence electrons. The molecule has 0 bridgehead atoms. The molecule has 0 aromatic heterocycles. The van der Waals surface area contributed by atoms with Crippen molar-refractivity contribution in [3.63, 3.8) is 0 Å². The Morgan fingerprint density at radius 1 is 1.40 bits per heavy atom. The molecule has 0 saturated heterocycles. The van der Waals surface area contributed by atoms with E-state index in [1.54, 1.807) is 0 Å². The second-order valence-corrected chi connectivity index (χ2v) is 3.54. The summed E-state index contributed by atoms with van der Waals surface area (Å²) in [5, 5.41) is 0. The van der Waals surface area contributed by atoms with Gasteiger partial charge in [-0.15, -0.1) is 13.2 Å². The molecule has 1 nitrogen and oxygen atoms in total. The van der Waals surface area contributed by atoms with E-state index in [0.29, 0.717) is 0 Å². The zero-order chi connectivity index (χ0) is 8.57. The average molecular weight is 161 g/mol. The lowest BCUT2D eigenvalue weighted by molar-refractivity contribution is 0.472. The molecule has 1 atom stereocenters. The molecule has 1 unspecified atom stereocenters. The first-order chi connectivity index (χ1) is 4.63. The van der Waals surface area contributed by atoms with Crippen LogP contribution in [0.3, 0.4) is 0 Å². The van der Waals surface area contributed by atoms with Gasteiger partial charge in [-0.2, -0.15) is 0 Å². The van der Waals surface area contributed by atoms with Gasteiger partial charge in [0.1, 0.15) is 0 Å². The normalized spacial score (nSPS) is 9.40. The summed E-state index contributed by atoms with van der Waals surface area (Å²) < 4.78 is 2.14. The second kappa shape index (κ2) is 9.13. The first-order valence-electron chi connectivity index (χ1n) is 3.58. The summed E-state index contributed by atoms with van der Waals surface area (Å²) >= 11 is 0. The fourth-order valence-electron chi connectivity index (χ4n) is 0.462. The van der Waals surface area contributed by atoms with E-state index >= 15 is 0 Å². The highest BCUT2D eigenvalue weighted by Crippen LogP contribution is 2.02. The van der Waals surface area contributed by atoms with Crippen LogP contribution in [-0.4, -0.2) is 18.3 Å². The molecule has 2 heteroatoms. The largest absolute Gasteiger partial charge is 0.290 e. The van der Waals surface area contributed by atoms with Crippen molar-refractivity contribution < 1.29 is 0 Å². The van der Waals surface area contributed by atoms with E-state index in [-0.39, 0.29) is 0 Å². The maximum absolute atomic E-state index is 3.00. The maximum atomic E-state index is 3.00. The highest BCUT2D eigenvalue weighted by Gasteiger charge is 1.93. The van der Waals surface area contributed by atoms with Crippen molar-refractivity contribution in [2.24, 2.45) is 5.92 Å². The van der Waals surface area contributed by atoms with Crippen LogP contribution in [-0.2, 0) is 0 Å². The van der Waals surface area contributed by atoms with E-state index in [4.69, 9.17) is 0 Å². The van der Waals surface area contributed by atoms with Gasteiger partial charge in [0.15, 0.2) is 0 Å². The van der Waals surface area contributed by atoms with E-state index < -0.39 is 0 Å². The molecule has 0 spiro atoms. The molecule has 0 amide bonds. The number of nitrogens with zero attached hydrogens (tertiary/aromatic N) is 1. The summed E-state index contributed by atoms with van der Waals surface area (Å²) in [6.07, 6.45) is 1.29. The minimum absolute atomic E-state index is 0.831. The molecular weight excluding hydrogens is 141 g/mol. The molecule has 0 saturated carbocycles. The molecule has 0 aliphatic rings. The Morgan fingerprint density at radius 3 is 1.90 bits per heavy atom. The lowest BCUT2D eigenvalue weighted by atomic mass is 10.1. The molecule has 0 aromatic carbocycles. The predicted octanol–water partition coefficient (Wildman–Crippen LogP) is 2.56. The molecule has 0 N–H and O–H groups in total. The van der Waals surface area contributed by atoms with Crippen LogP contribution in [0.2, 0.25) is 0 Å². The summed E-state index contributed by atoms with van der Waals surface area (Å²) in [6.45, 7) is 11.7. The van der Waals surface area contributed by atoms with Crippen molar-refractivity contribution in [2.75, 3.05) is 13.6 Å². The molecule has 0 radical (unpaired) electrons. The fourth-order valence-corrected chi connectivity index (χ4v) is 0.611. The third-order valence-corrected chi connectivity index (χ3v) is 1.32. The number of hydrogen-bond donors (Lipinski definition) is 0. The van der Waals surface area contributed by atoms with E-state index in [0.717, 1.165) is 5.92 Å². The third kappa shape index (κ3) is 15.7. The smallest absolute Gasteiger partial charge is 0.00155 e. The van der Waals surface area contributed by atoms with E-state index in [1.165, 1.54) is 13.0 Å². The topological polar surface area (TPSA) is 3.24 Å². The van der Waals surface area contributed by atoms with Crippen molar-refractivity contribution in [3.8, 4) is 0 Å². The van der Waals surface area contributed by atoms with E-state index in [1.807, 2.05) is 0 Å². The zero-order valence-electron chi connectivity index (χ0n) is 7.43. The minimum Gasteiger partial charge on any atom is -0.290 e. The molecule has 0 rings (SSSR count). The first kappa shape index (κ1) is 12.8. The van der Waals surface area contributed by atoms with Gasteiger partial charge in [0.2, 0.25) is 0 Å². The van der Waals surface area contributed by atoms with Gasteiger partial charge in [0, 0.05) is 6.54 Å². The SMILES string of the molecule is C=C.CC(C)CCN(C)P. The molecular formula is C8H20NP. The summed E-state index contributed by atoms with van der Waals surface area (Å²) in [4.78, 5) is 0. The average Bonchev–Trinajstić information content (AvgIpc) is 1.89. The zero-order valence-corrected chi connectivity index (χ0v) is 8.59. The van der Waals surface area contributed by atoms with Gasteiger partial charge in [-0.25, -0.2) is 0 Å². The molecule has 0 fully saturated rings. The number of rotatable bonds is 3. The Labute approximate surface area is 67.8 Å². The van der Waals surface area contributed by atoms with Gasteiger partial charge in [-0.3, -0.25) is 4.67 Å². The van der Waals surface area contributed by atoms with E-state index in [2.05, 4.69) is 48.1 Å². The van der Waals surface area contributed by atoms with Gasteiger partial charge in [-0.1, -0.05) is 23.2 Å². The Hall–Kier alpha value is 0.130. The molecule has 0 aliphatic heterocycles. The number of hydrogen-bond acceptors (Lipinski definition) is 1. The van der Waals surface area contributed by atoms with Crippen LogP contribution in [0.15, 0.2) is 13.2 Å². The van der Waals surface area contributed by atoms with Gasteiger partial charge in [-0.05, 0) is 19.4 Å². The van der Waals surface area contributed by atoms with Crippen LogP contribution < -0.4 is 0 Å². The molecule has 0 heterocycles. The summed E-state index contributed by atoms with van der Waals surface area (Å²) in [7, 11) is 4.73. The van der Waals surface area contributed by atoms with Crippen LogP contribution in [0.5, 0.6) is 0 Å². The van der Waals surface area contributed by atoms with Crippen molar-refractivity contribution in [3.05, 3.63) is 13.2 Å². The third-order valence-electron chi connectivity index (χ3n) is 1.06. The van der Waals surface area contributed by atoms with Crippen molar-refractivity contribution in [1.82, 2.24) is 4.67 Å². The summed E-state index contributed by atoms with van der Waals surface area (Å²) in [5.74, 6) is 0.831. The molecule has 0 aliphatic carbocycles. The van der Waals surface area contributed by atoms with Crippen molar-refractivity contribution >= 4 is 9.39 Å². The highest BCUT2D eigenvalue weighted by atomic mass is 31.0. The van der Waals surface area contributed by atoms with Crippen LogP contribution in [0.4, 0.5) is 0 Å². The highest BCUT2D eigenvalue weighted by molar-refractivity contribution is 7.13. The fraction of sp³-hybridized carbons (Fsp3) is 0.750. The van der Waals surface area contributed by atoms with Crippen LogP contribution in [0.25, 0.3) is 0 Å². The maximum Gasteiger partial charge on any atom is 0.00155 e. The van der Waals surface area contributed by atoms with E-state index in [9.17, 15) is 0 Å². The van der Waals surface area contributed by atoms with Crippen LogP contribution >= 0.6 is 9.39 Å². The van der Waals surface area contributed by atoms with Crippen molar-refractivity contribution in [1.29, 1.82) is 0 Å². The Morgan fingerprint density at radius 2 is 1.80 bits per heavy atom. The summed E-state index contributed by atoms with van der Waals surface area (Å²) in [6, 6.07) is 0. The van der Waals surface area contributed by atoms with Crippen LogP contribution in [0, 0.1) is 5.92 Å². The monoisotopic (exact) mass is 161 g/mol. The second-order valence-electron chi connectivity index (χ2n) is 2.66. The minimum atomic E-state index is 0.831. The predicted molar refractivity (Wildman–Crippen MR) is 53.0 cm³/mol. The Balaban J connectivity index is 0. The Bertz CT molecular complexity index is 54.3. The van der Waals surface area contributed by atoms with Crippen molar-refractivity contribution in [2.45, 2.75) is 20.3 Å².